The molecular formula is C51H105NO4. The Morgan fingerprint density at radius 2 is 0.768 bits per heavy atom. The third kappa shape index (κ3) is 53.1. The third-order valence-electron chi connectivity index (χ3n) is 10.9. The maximum atomic E-state index is 12.8. The first-order chi connectivity index (χ1) is 27.4. The van der Waals surface area contributed by atoms with Crippen molar-refractivity contribution in [2.45, 2.75) is 280 Å². The zero-order chi connectivity index (χ0) is 42.0. The van der Waals surface area contributed by atoms with E-state index in [1.54, 1.807) is 6.92 Å². The number of unbranched alkanes of at least 4 members (excludes halogenated alkanes) is 26. The molecule has 1 atom stereocenters. The molecule has 0 heterocycles. The molecule has 1 unspecified atom stereocenters. The van der Waals surface area contributed by atoms with Crippen molar-refractivity contribution >= 4 is 11.8 Å². The van der Waals surface area contributed by atoms with Crippen molar-refractivity contribution in [3.63, 3.8) is 0 Å². The minimum Gasteiger partial charge on any atom is -0.465 e. The van der Waals surface area contributed by atoms with Gasteiger partial charge < -0.3 is 19.5 Å². The van der Waals surface area contributed by atoms with Crippen molar-refractivity contribution in [2.24, 2.45) is 5.92 Å². The standard InChI is InChI=1S/C37H75NO3.C11H22O.C3H8/c1-4-7-10-13-18-23-30-36(29-22-12-9-6-3)37(40)41-35-28-21-17-15-16-20-25-32-38(33-26-27-34-39)31-24-19-14-11-8-5-2;1-3-4-5-6-7-8-9-10-11(2)12;1-3-2/h36,39H,4-35H2,1-3H3;3-10H2,1-2H3;3H2,1-2H3. The monoisotopic (exact) mass is 796 g/mol. The van der Waals surface area contributed by atoms with Crippen molar-refractivity contribution in [2.75, 3.05) is 32.8 Å². The first-order valence-electron chi connectivity index (χ1n) is 25.4. The maximum absolute atomic E-state index is 12.8. The summed E-state index contributed by atoms with van der Waals surface area (Å²) in [7, 11) is 0. The van der Waals surface area contributed by atoms with E-state index < -0.39 is 0 Å². The molecule has 0 aromatic rings. The highest BCUT2D eigenvalue weighted by atomic mass is 16.5. The molecule has 0 aliphatic rings. The molecular weight excluding hydrogens is 691 g/mol. The average molecular weight is 796 g/mol. The Labute approximate surface area is 353 Å². The Bertz CT molecular complexity index is 729. The fourth-order valence-corrected chi connectivity index (χ4v) is 7.21. The van der Waals surface area contributed by atoms with E-state index in [1.165, 1.54) is 199 Å². The Balaban J connectivity index is -0.00000157. The van der Waals surface area contributed by atoms with Crippen LogP contribution in [0, 0.1) is 5.92 Å². The highest BCUT2D eigenvalue weighted by Gasteiger charge is 2.19. The summed E-state index contributed by atoms with van der Waals surface area (Å²) in [6, 6.07) is 0. The lowest BCUT2D eigenvalue weighted by molar-refractivity contribution is -0.149. The number of carbonyl (C=O) groups excluding carboxylic acids is 2. The second kappa shape index (κ2) is 54.1. The summed E-state index contributed by atoms with van der Waals surface area (Å²) in [5.74, 6) is 0.547. The number of hydrogen-bond donors (Lipinski definition) is 1. The average Bonchev–Trinajstić information content (AvgIpc) is 3.18. The number of ketones is 1. The zero-order valence-electron chi connectivity index (χ0n) is 39.7. The second-order valence-corrected chi connectivity index (χ2v) is 17.1. The molecule has 0 saturated carbocycles. The van der Waals surface area contributed by atoms with Gasteiger partial charge in [-0.1, -0.05) is 215 Å². The van der Waals surface area contributed by atoms with Gasteiger partial charge in [-0.25, -0.2) is 0 Å². The number of rotatable bonds is 42. The number of hydrogen-bond acceptors (Lipinski definition) is 5. The predicted molar refractivity (Wildman–Crippen MR) is 249 cm³/mol. The minimum atomic E-state index is 0.0829. The van der Waals surface area contributed by atoms with E-state index in [0.29, 0.717) is 19.0 Å². The number of esters is 1. The lowest BCUT2D eigenvalue weighted by Gasteiger charge is -2.22. The van der Waals surface area contributed by atoms with Gasteiger partial charge in [-0.3, -0.25) is 4.79 Å². The molecule has 0 spiro atoms. The topological polar surface area (TPSA) is 66.8 Å². The van der Waals surface area contributed by atoms with Crippen molar-refractivity contribution in [3.05, 3.63) is 0 Å². The Hall–Kier alpha value is -0.940. The Morgan fingerprint density at radius 1 is 0.446 bits per heavy atom. The Morgan fingerprint density at radius 3 is 1.16 bits per heavy atom. The van der Waals surface area contributed by atoms with Crippen LogP contribution in [0.4, 0.5) is 0 Å². The van der Waals surface area contributed by atoms with Gasteiger partial charge in [0.2, 0.25) is 0 Å². The van der Waals surface area contributed by atoms with Gasteiger partial charge >= 0.3 is 5.97 Å². The second-order valence-electron chi connectivity index (χ2n) is 17.1. The summed E-state index contributed by atoms with van der Waals surface area (Å²) >= 11 is 0. The van der Waals surface area contributed by atoms with Crippen LogP contribution in [0.2, 0.25) is 0 Å². The summed E-state index contributed by atoms with van der Waals surface area (Å²) in [5.41, 5.74) is 0. The summed E-state index contributed by atoms with van der Waals surface area (Å²) in [5, 5.41) is 9.14. The van der Waals surface area contributed by atoms with Crippen LogP contribution in [-0.2, 0) is 14.3 Å². The number of aliphatic hydroxyl groups is 1. The van der Waals surface area contributed by atoms with Crippen LogP contribution in [0.25, 0.3) is 0 Å². The van der Waals surface area contributed by atoms with Crippen LogP contribution in [0.15, 0.2) is 0 Å². The van der Waals surface area contributed by atoms with Gasteiger partial charge in [0.05, 0.1) is 12.5 Å². The number of aliphatic hydroxyl groups excluding tert-OH is 1. The molecule has 1 N–H and O–H groups in total. The number of ether oxygens (including phenoxy) is 1. The van der Waals surface area contributed by atoms with E-state index in [4.69, 9.17) is 9.84 Å². The van der Waals surface area contributed by atoms with Crippen molar-refractivity contribution in [3.8, 4) is 0 Å². The van der Waals surface area contributed by atoms with Gasteiger partial charge in [0.1, 0.15) is 5.78 Å². The fourth-order valence-electron chi connectivity index (χ4n) is 7.21. The van der Waals surface area contributed by atoms with Crippen LogP contribution in [-0.4, -0.2) is 54.6 Å². The number of nitrogens with zero attached hydrogens (tertiary/aromatic N) is 1. The Kier molecular flexibility index (Phi) is 57.3. The van der Waals surface area contributed by atoms with Crippen LogP contribution >= 0.6 is 0 Å². The summed E-state index contributed by atoms with van der Waals surface area (Å²) in [6.45, 7) is 19.5. The normalized spacial score (nSPS) is 11.5. The van der Waals surface area contributed by atoms with Gasteiger partial charge in [0.15, 0.2) is 0 Å². The van der Waals surface area contributed by atoms with Crippen molar-refractivity contribution < 1.29 is 19.4 Å². The first kappa shape index (κ1) is 59.4. The zero-order valence-corrected chi connectivity index (χ0v) is 39.7. The molecule has 0 aliphatic carbocycles. The van der Waals surface area contributed by atoms with E-state index in [0.717, 1.165) is 51.5 Å². The molecule has 0 amide bonds. The summed E-state index contributed by atoms with van der Waals surface area (Å²) in [6.07, 6.45) is 44.7. The van der Waals surface area contributed by atoms with Crippen LogP contribution in [0.5, 0.6) is 0 Å². The molecule has 338 valence electrons. The fraction of sp³-hybridized carbons (Fsp3) is 0.961. The molecule has 0 aromatic carbocycles. The van der Waals surface area contributed by atoms with Gasteiger partial charge in [0, 0.05) is 13.0 Å². The highest BCUT2D eigenvalue weighted by Crippen LogP contribution is 2.21. The molecule has 0 radical (unpaired) electrons. The van der Waals surface area contributed by atoms with Crippen molar-refractivity contribution in [1.82, 2.24) is 4.90 Å². The van der Waals surface area contributed by atoms with Crippen LogP contribution < -0.4 is 0 Å². The van der Waals surface area contributed by atoms with Gasteiger partial charge in [-0.15, -0.1) is 0 Å². The van der Waals surface area contributed by atoms with Crippen molar-refractivity contribution in [1.29, 1.82) is 0 Å². The first-order valence-corrected chi connectivity index (χ1v) is 25.4. The largest absolute Gasteiger partial charge is 0.465 e. The van der Waals surface area contributed by atoms with E-state index in [9.17, 15) is 9.59 Å². The van der Waals surface area contributed by atoms with Crippen LogP contribution in [0.3, 0.4) is 0 Å². The lowest BCUT2D eigenvalue weighted by atomic mass is 9.94. The van der Waals surface area contributed by atoms with Gasteiger partial charge in [0.25, 0.3) is 0 Å². The molecule has 0 aliphatic heterocycles. The molecule has 0 aromatic heterocycles. The van der Waals surface area contributed by atoms with Gasteiger partial charge in [-0.05, 0) is 77.9 Å². The summed E-state index contributed by atoms with van der Waals surface area (Å²) < 4.78 is 5.77. The highest BCUT2D eigenvalue weighted by molar-refractivity contribution is 5.75. The SMILES string of the molecule is CCC.CCCCCCCCC(CCCCCC)C(=O)OCCCCCCCCCN(CCCCO)CCCCCCCC.CCCCCCCCCC(C)=O. The predicted octanol–water partition coefficient (Wildman–Crippen LogP) is 16.2. The minimum absolute atomic E-state index is 0.0829. The lowest BCUT2D eigenvalue weighted by Crippen LogP contribution is -2.27. The molecule has 0 rings (SSSR count). The number of Topliss-reactive ketones (excluding diaryl/α,β-unsaturated/α-hetero) is 1. The van der Waals surface area contributed by atoms with E-state index in [2.05, 4.69) is 46.4 Å². The molecule has 5 heteroatoms. The quantitative estimate of drug-likeness (QED) is 0.0492. The molecule has 0 fully saturated rings. The molecule has 56 heavy (non-hydrogen) atoms. The summed E-state index contributed by atoms with van der Waals surface area (Å²) in [4.78, 5) is 26.0. The van der Waals surface area contributed by atoms with Gasteiger partial charge in [-0.2, -0.15) is 0 Å². The molecule has 0 bridgehead atoms. The number of carbonyl (C=O) groups is 2. The molecule has 5 nitrogen and oxygen atoms in total. The van der Waals surface area contributed by atoms with E-state index >= 15 is 0 Å². The smallest absolute Gasteiger partial charge is 0.308 e. The maximum Gasteiger partial charge on any atom is 0.308 e. The third-order valence-corrected chi connectivity index (χ3v) is 10.9. The van der Waals surface area contributed by atoms with E-state index in [1.807, 2.05) is 0 Å². The molecule has 0 saturated heterocycles. The van der Waals surface area contributed by atoms with E-state index in [-0.39, 0.29) is 11.9 Å². The van der Waals surface area contributed by atoms with Crippen LogP contribution in [0.1, 0.15) is 280 Å².